The molecule has 122 valence electrons. The van der Waals surface area contributed by atoms with Crippen LogP contribution in [0.25, 0.3) is 0 Å². The van der Waals surface area contributed by atoms with E-state index in [-0.39, 0.29) is 5.56 Å². The van der Waals surface area contributed by atoms with Crippen LogP contribution in [0.5, 0.6) is 0 Å². The molecule has 0 bridgehead atoms. The van der Waals surface area contributed by atoms with E-state index in [1.54, 1.807) is 30.3 Å². The number of nitrogens with zero attached hydrogens (tertiary/aromatic N) is 3. The van der Waals surface area contributed by atoms with Crippen LogP contribution < -0.4 is 0 Å². The van der Waals surface area contributed by atoms with Gasteiger partial charge in [-0.25, -0.2) is 0 Å². The second-order valence-electron chi connectivity index (χ2n) is 4.68. The summed E-state index contributed by atoms with van der Waals surface area (Å²) in [5.41, 5.74) is -0.324. The highest BCUT2D eigenvalue weighted by Crippen LogP contribution is 2.27. The lowest BCUT2D eigenvalue weighted by Gasteiger charge is -2.09. The van der Waals surface area contributed by atoms with Gasteiger partial charge in [0, 0.05) is 11.1 Å². The van der Waals surface area contributed by atoms with Gasteiger partial charge in [0.1, 0.15) is 0 Å². The van der Waals surface area contributed by atoms with Gasteiger partial charge in [-0.1, -0.05) is 30.3 Å². The fourth-order valence-electron chi connectivity index (χ4n) is 2.12. The van der Waals surface area contributed by atoms with Gasteiger partial charge in [0.15, 0.2) is 26.1 Å². The van der Waals surface area contributed by atoms with Crippen LogP contribution in [0, 0.1) is 30.3 Å². The fraction of sp³-hybridized carbons (Fsp3) is 0.0714. The van der Waals surface area contributed by atoms with E-state index in [2.05, 4.69) is 0 Å². The van der Waals surface area contributed by atoms with Crippen molar-refractivity contribution in [2.24, 2.45) is 0 Å². The molecule has 0 unspecified atom stereocenters. The number of benzene rings is 2. The largest absolute Gasteiger partial charge is 0.728 e. The van der Waals surface area contributed by atoms with Crippen molar-refractivity contribution < 1.29 is 19.6 Å². The van der Waals surface area contributed by atoms with Gasteiger partial charge < -0.3 is 0 Å². The van der Waals surface area contributed by atoms with Gasteiger partial charge in [-0.2, -0.15) is 0 Å². The van der Waals surface area contributed by atoms with Crippen LogP contribution in [-0.2, 0) is 5.79 Å². The third kappa shape index (κ3) is 2.56. The third-order valence-electron chi connectivity index (χ3n) is 3.33. The molecule has 2 aromatic carbocycles. The van der Waals surface area contributed by atoms with Crippen molar-refractivity contribution >= 4 is 5.78 Å². The molecule has 0 aliphatic rings. The number of carbonyl (C=O) groups excluding carboxylic acids is 1. The summed E-state index contributed by atoms with van der Waals surface area (Å²) in [6.45, 7) is 0. The van der Waals surface area contributed by atoms with E-state index in [0.29, 0.717) is 5.56 Å². The normalized spacial score (nSPS) is 10.8. The molecule has 0 saturated carbocycles. The van der Waals surface area contributed by atoms with Gasteiger partial charge in [0.25, 0.3) is 0 Å². The summed E-state index contributed by atoms with van der Waals surface area (Å²) in [5.74, 6) is -4.13. The molecule has 0 amide bonds. The van der Waals surface area contributed by atoms with E-state index in [9.17, 15) is 35.1 Å². The summed E-state index contributed by atoms with van der Waals surface area (Å²) in [6, 6.07) is 11.9. The Kier molecular flexibility index (Phi) is 4.31. The molecular weight excluding hydrogens is 322 g/mol. The summed E-state index contributed by atoms with van der Waals surface area (Å²) in [4.78, 5) is 40.5. The maximum atomic E-state index is 12.2. The van der Waals surface area contributed by atoms with Gasteiger partial charge in [-0.15, -0.1) is 0 Å². The second kappa shape index (κ2) is 6.20. The average Bonchev–Trinajstić information content (AvgIpc) is 2.55. The van der Waals surface area contributed by atoms with Crippen molar-refractivity contribution in [3.05, 3.63) is 102 Å². The number of ketones is 1. The zero-order valence-electron chi connectivity index (χ0n) is 11.9. The number of nitro groups is 3. The Balaban J connectivity index is 2.48. The Morgan fingerprint density at radius 3 is 1.54 bits per heavy atom. The Morgan fingerprint density at radius 2 is 1.12 bits per heavy atom. The van der Waals surface area contributed by atoms with Crippen LogP contribution in [0.15, 0.2) is 54.6 Å². The monoisotopic (exact) mass is 331 g/mol. The minimum Gasteiger partial charge on any atom is -0.289 e. The van der Waals surface area contributed by atoms with E-state index < -0.39 is 31.9 Å². The molecule has 0 spiro atoms. The minimum absolute atomic E-state index is 0.0916. The molecule has 24 heavy (non-hydrogen) atoms. The van der Waals surface area contributed by atoms with Gasteiger partial charge in [-0.3, -0.25) is 35.1 Å². The molecule has 2 rings (SSSR count). The zero-order chi connectivity index (χ0) is 17.9. The Labute approximate surface area is 133 Å². The van der Waals surface area contributed by atoms with Gasteiger partial charge in [-0.05, 0) is 24.3 Å². The zero-order valence-corrected chi connectivity index (χ0v) is 11.9. The summed E-state index contributed by atoms with van der Waals surface area (Å²) in [5, 5.41) is 33.0. The van der Waals surface area contributed by atoms with Crippen LogP contribution in [0.2, 0.25) is 0 Å². The average molecular weight is 331 g/mol. The summed E-state index contributed by atoms with van der Waals surface area (Å²) < 4.78 is 0. The molecule has 10 heteroatoms. The van der Waals surface area contributed by atoms with E-state index in [1.807, 2.05) is 0 Å². The molecule has 10 nitrogen and oxygen atoms in total. The van der Waals surface area contributed by atoms with E-state index in [4.69, 9.17) is 0 Å². The maximum absolute atomic E-state index is 12.2. The molecule has 2 aromatic rings. The smallest absolute Gasteiger partial charge is 0.289 e. The predicted molar refractivity (Wildman–Crippen MR) is 79.0 cm³/mol. The van der Waals surface area contributed by atoms with Crippen LogP contribution in [-0.4, -0.2) is 20.6 Å². The lowest BCUT2D eigenvalue weighted by atomic mass is 10.0. The topological polar surface area (TPSA) is 146 Å². The Bertz CT molecular complexity index is 782. The summed E-state index contributed by atoms with van der Waals surface area (Å²) in [7, 11) is 0. The molecular formula is C14H9N3O7. The SMILES string of the molecule is O=C(c1ccccc1)c1ccc(C([N+](=O)[O-])([N+](=O)[O-])[N+](=O)[O-])cc1. The number of hydrogen-bond donors (Lipinski definition) is 0. The molecule has 0 heterocycles. The second-order valence-corrected chi connectivity index (χ2v) is 4.68. The molecule has 0 fully saturated rings. The van der Waals surface area contributed by atoms with Crippen molar-refractivity contribution in [1.29, 1.82) is 0 Å². The minimum atomic E-state index is -3.71. The molecule has 0 N–H and O–H groups in total. The lowest BCUT2D eigenvalue weighted by Crippen LogP contribution is -2.50. The summed E-state index contributed by atoms with van der Waals surface area (Å²) >= 11 is 0. The third-order valence-corrected chi connectivity index (χ3v) is 3.33. The highest BCUT2D eigenvalue weighted by molar-refractivity contribution is 6.08. The van der Waals surface area contributed by atoms with Crippen LogP contribution >= 0.6 is 0 Å². The Hall–Kier alpha value is -3.69. The summed E-state index contributed by atoms with van der Waals surface area (Å²) in [6.07, 6.45) is 0. The van der Waals surface area contributed by atoms with Crippen molar-refractivity contribution in [2.75, 3.05) is 0 Å². The van der Waals surface area contributed by atoms with Crippen LogP contribution in [0.1, 0.15) is 21.5 Å². The maximum Gasteiger partial charge on any atom is 0.728 e. The van der Waals surface area contributed by atoms with Crippen molar-refractivity contribution in [3.63, 3.8) is 0 Å². The van der Waals surface area contributed by atoms with Gasteiger partial charge in [0.05, 0.1) is 0 Å². The first-order chi connectivity index (χ1) is 11.3. The number of rotatable bonds is 6. The highest BCUT2D eigenvalue weighted by Gasteiger charge is 2.72. The van der Waals surface area contributed by atoms with E-state index in [0.717, 1.165) is 24.3 Å². The molecule has 0 aliphatic carbocycles. The number of carbonyl (C=O) groups is 1. The Morgan fingerprint density at radius 1 is 0.708 bits per heavy atom. The van der Waals surface area contributed by atoms with Crippen molar-refractivity contribution in [2.45, 2.75) is 5.79 Å². The molecule has 0 aliphatic heterocycles. The fourth-order valence-corrected chi connectivity index (χ4v) is 2.12. The van der Waals surface area contributed by atoms with Crippen molar-refractivity contribution in [3.8, 4) is 0 Å². The van der Waals surface area contributed by atoms with Crippen LogP contribution in [0.3, 0.4) is 0 Å². The van der Waals surface area contributed by atoms with Crippen LogP contribution in [0.4, 0.5) is 0 Å². The molecule has 0 atom stereocenters. The standard InChI is InChI=1S/C14H9N3O7/c18-13(10-4-2-1-3-5-10)11-6-8-12(9-7-11)14(15(19)20,16(21)22)17(23)24/h1-9H. The predicted octanol–water partition coefficient (Wildman–Crippen LogP) is 1.86. The van der Waals surface area contributed by atoms with E-state index in [1.165, 1.54) is 0 Å². The first kappa shape index (κ1) is 16.7. The first-order valence-electron chi connectivity index (χ1n) is 6.45. The van der Waals surface area contributed by atoms with Crippen molar-refractivity contribution in [1.82, 2.24) is 0 Å². The molecule has 0 saturated heterocycles. The quantitative estimate of drug-likeness (QED) is 0.339. The van der Waals surface area contributed by atoms with E-state index >= 15 is 0 Å². The number of hydrogen-bond acceptors (Lipinski definition) is 7. The lowest BCUT2D eigenvalue weighted by molar-refractivity contribution is -0.986. The highest BCUT2D eigenvalue weighted by atomic mass is 16.7. The van der Waals surface area contributed by atoms with Gasteiger partial charge >= 0.3 is 5.79 Å². The molecule has 0 aromatic heterocycles. The first-order valence-corrected chi connectivity index (χ1v) is 6.45. The molecule has 0 radical (unpaired) electrons. The van der Waals surface area contributed by atoms with Gasteiger partial charge in [0.2, 0.25) is 0 Å².